The predicted molar refractivity (Wildman–Crippen MR) is 135 cm³/mol. The summed E-state index contributed by atoms with van der Waals surface area (Å²) < 4.78 is 29.9. The number of likely N-dealkylation sites (tertiary alicyclic amines) is 1. The summed E-state index contributed by atoms with van der Waals surface area (Å²) in [4.78, 5) is 18.1. The largest absolute Gasteiger partial charge is 0.444 e. The lowest BCUT2D eigenvalue weighted by molar-refractivity contribution is 0.00700. The van der Waals surface area contributed by atoms with Crippen LogP contribution >= 0.6 is 24.0 Å². The number of benzene rings is 1. The van der Waals surface area contributed by atoms with Crippen LogP contribution < -0.4 is 10.6 Å². The van der Waals surface area contributed by atoms with Gasteiger partial charge in [0, 0.05) is 26.2 Å². The van der Waals surface area contributed by atoms with E-state index in [1.807, 2.05) is 58.0 Å². The highest BCUT2D eigenvalue weighted by molar-refractivity contribution is 14.0. The van der Waals surface area contributed by atoms with Gasteiger partial charge in [-0.15, -0.1) is 24.0 Å². The molecule has 1 aliphatic heterocycles. The van der Waals surface area contributed by atoms with Crippen LogP contribution in [-0.4, -0.2) is 68.9 Å². The van der Waals surface area contributed by atoms with Gasteiger partial charge in [0.15, 0.2) is 15.8 Å². The third kappa shape index (κ3) is 10.5. The van der Waals surface area contributed by atoms with Crippen molar-refractivity contribution < 1.29 is 17.9 Å². The zero-order chi connectivity index (χ0) is 22.2. The summed E-state index contributed by atoms with van der Waals surface area (Å²) >= 11 is 0. The molecule has 0 bridgehead atoms. The van der Waals surface area contributed by atoms with Crippen LogP contribution in [0.25, 0.3) is 0 Å². The third-order valence-corrected chi connectivity index (χ3v) is 6.01. The molecule has 176 valence electrons. The summed E-state index contributed by atoms with van der Waals surface area (Å²) in [5, 5.41) is 6.44. The minimum atomic E-state index is -3.16. The number of ether oxygens (including phenoxy) is 1. The number of hydrogen-bond acceptors (Lipinski definition) is 5. The molecule has 1 amide bonds. The first-order valence-corrected chi connectivity index (χ1v) is 12.2. The molecule has 10 heteroatoms. The number of sulfone groups is 1. The number of amides is 1. The van der Waals surface area contributed by atoms with Gasteiger partial charge in [0.2, 0.25) is 0 Å². The Morgan fingerprint density at radius 3 is 2.45 bits per heavy atom. The van der Waals surface area contributed by atoms with E-state index in [4.69, 9.17) is 4.74 Å². The summed E-state index contributed by atoms with van der Waals surface area (Å²) in [6.45, 7) is 9.70. The van der Waals surface area contributed by atoms with E-state index in [0.717, 1.165) is 5.56 Å². The molecule has 0 radical (unpaired) electrons. The molecule has 2 rings (SSSR count). The van der Waals surface area contributed by atoms with Crippen molar-refractivity contribution in [1.82, 2.24) is 15.5 Å². The van der Waals surface area contributed by atoms with Gasteiger partial charge in [-0.05, 0) is 39.7 Å². The van der Waals surface area contributed by atoms with Gasteiger partial charge < -0.3 is 20.3 Å². The lowest BCUT2D eigenvalue weighted by Crippen LogP contribution is -2.63. The number of rotatable bonds is 8. The highest BCUT2D eigenvalue weighted by atomic mass is 127. The zero-order valence-electron chi connectivity index (χ0n) is 18.8. The number of carbonyl (C=O) groups is 1. The van der Waals surface area contributed by atoms with Gasteiger partial charge in [0.25, 0.3) is 0 Å². The van der Waals surface area contributed by atoms with Gasteiger partial charge in [-0.25, -0.2) is 13.2 Å². The standard InChI is InChI=1S/C21H34N4O4S.HI/c1-5-22-19(24-18-14-25(15-18)20(26)29-21(2,3)4)23-12-9-13-30(27,28)16-17-10-7-6-8-11-17;/h6-8,10-11,18H,5,9,12-16H2,1-4H3,(H2,22,23,24);1H. The van der Waals surface area contributed by atoms with E-state index >= 15 is 0 Å². The van der Waals surface area contributed by atoms with E-state index in [9.17, 15) is 13.2 Å². The Bertz CT molecular complexity index is 820. The van der Waals surface area contributed by atoms with Crippen molar-refractivity contribution >= 4 is 45.9 Å². The van der Waals surface area contributed by atoms with Gasteiger partial charge in [-0.1, -0.05) is 30.3 Å². The minimum Gasteiger partial charge on any atom is -0.444 e. The average Bonchev–Trinajstić information content (AvgIpc) is 2.60. The van der Waals surface area contributed by atoms with Crippen LogP contribution in [0, 0.1) is 0 Å². The van der Waals surface area contributed by atoms with E-state index in [2.05, 4.69) is 15.6 Å². The molecule has 1 heterocycles. The Morgan fingerprint density at radius 2 is 1.87 bits per heavy atom. The van der Waals surface area contributed by atoms with Gasteiger partial charge in [-0.2, -0.15) is 0 Å². The van der Waals surface area contributed by atoms with Crippen LogP contribution in [0.1, 0.15) is 39.7 Å². The second-order valence-electron chi connectivity index (χ2n) is 8.42. The Labute approximate surface area is 203 Å². The van der Waals surface area contributed by atoms with Crippen LogP contribution in [0.5, 0.6) is 0 Å². The molecule has 1 aromatic carbocycles. The fourth-order valence-electron chi connectivity index (χ4n) is 2.93. The van der Waals surface area contributed by atoms with Gasteiger partial charge in [0.05, 0.1) is 17.5 Å². The van der Waals surface area contributed by atoms with Crippen LogP contribution in [0.3, 0.4) is 0 Å². The highest BCUT2D eigenvalue weighted by Gasteiger charge is 2.34. The molecule has 0 unspecified atom stereocenters. The molecule has 0 atom stereocenters. The summed E-state index contributed by atoms with van der Waals surface area (Å²) in [6, 6.07) is 9.29. The SMILES string of the molecule is CCNC(=NCCCS(=O)(=O)Cc1ccccc1)NC1CN(C(=O)OC(C)(C)C)C1.I. The second-order valence-corrected chi connectivity index (χ2v) is 10.6. The molecular weight excluding hydrogens is 531 g/mol. The number of nitrogens with one attached hydrogen (secondary N) is 2. The predicted octanol–water partition coefficient (Wildman–Crippen LogP) is 2.78. The Morgan fingerprint density at radius 1 is 1.23 bits per heavy atom. The summed E-state index contributed by atoms with van der Waals surface area (Å²) in [7, 11) is -3.16. The maximum Gasteiger partial charge on any atom is 0.410 e. The number of carbonyl (C=O) groups excluding carboxylic acids is 1. The molecule has 8 nitrogen and oxygen atoms in total. The van der Waals surface area contributed by atoms with Crippen molar-refractivity contribution in [2.45, 2.75) is 51.5 Å². The molecule has 1 aliphatic rings. The number of aliphatic imine (C=N–C) groups is 1. The fourth-order valence-corrected chi connectivity index (χ4v) is 4.35. The smallest absolute Gasteiger partial charge is 0.410 e. The first-order valence-electron chi connectivity index (χ1n) is 10.3. The lowest BCUT2D eigenvalue weighted by Gasteiger charge is -2.40. The van der Waals surface area contributed by atoms with Crippen LogP contribution in [0.2, 0.25) is 0 Å². The van der Waals surface area contributed by atoms with Crippen LogP contribution in [0.15, 0.2) is 35.3 Å². The Balaban J connectivity index is 0.00000480. The van der Waals surface area contributed by atoms with Crippen molar-refractivity contribution in [2.24, 2.45) is 4.99 Å². The molecule has 2 N–H and O–H groups in total. The van der Waals surface area contributed by atoms with E-state index in [1.165, 1.54) is 0 Å². The van der Waals surface area contributed by atoms with E-state index in [1.54, 1.807) is 4.90 Å². The fraction of sp³-hybridized carbons (Fsp3) is 0.619. The maximum atomic E-state index is 12.3. The summed E-state index contributed by atoms with van der Waals surface area (Å²) in [6.07, 6.45) is 0.145. The molecular formula is C21H35IN4O4S. The number of nitrogens with zero attached hydrogens (tertiary/aromatic N) is 2. The summed E-state index contributed by atoms with van der Waals surface area (Å²) in [5.74, 6) is 0.783. The van der Waals surface area contributed by atoms with E-state index in [0.29, 0.717) is 38.6 Å². The normalized spacial score (nSPS) is 15.0. The van der Waals surface area contributed by atoms with Crippen LogP contribution in [-0.2, 0) is 20.3 Å². The molecule has 31 heavy (non-hydrogen) atoms. The molecule has 0 aliphatic carbocycles. The molecule has 0 spiro atoms. The molecule has 0 aromatic heterocycles. The van der Waals surface area contributed by atoms with Crippen molar-refractivity contribution in [1.29, 1.82) is 0 Å². The molecule has 0 saturated carbocycles. The summed E-state index contributed by atoms with van der Waals surface area (Å²) in [5.41, 5.74) is 0.294. The van der Waals surface area contributed by atoms with Gasteiger partial charge >= 0.3 is 6.09 Å². The van der Waals surface area contributed by atoms with E-state index in [-0.39, 0.29) is 47.6 Å². The van der Waals surface area contributed by atoms with Gasteiger partial charge in [0.1, 0.15) is 5.60 Å². The average molecular weight is 567 g/mol. The lowest BCUT2D eigenvalue weighted by atomic mass is 10.1. The first-order chi connectivity index (χ1) is 14.1. The van der Waals surface area contributed by atoms with E-state index < -0.39 is 15.4 Å². The Hall–Kier alpha value is -1.56. The van der Waals surface area contributed by atoms with Crippen molar-refractivity contribution in [3.05, 3.63) is 35.9 Å². The maximum absolute atomic E-state index is 12.3. The van der Waals surface area contributed by atoms with Crippen molar-refractivity contribution in [3.8, 4) is 0 Å². The monoisotopic (exact) mass is 566 g/mol. The van der Waals surface area contributed by atoms with Gasteiger partial charge in [-0.3, -0.25) is 4.99 Å². The van der Waals surface area contributed by atoms with Crippen LogP contribution in [0.4, 0.5) is 4.79 Å². The van der Waals surface area contributed by atoms with Crippen molar-refractivity contribution in [3.63, 3.8) is 0 Å². The zero-order valence-corrected chi connectivity index (χ0v) is 21.9. The molecule has 1 saturated heterocycles. The third-order valence-electron chi connectivity index (χ3n) is 4.33. The number of hydrogen-bond donors (Lipinski definition) is 2. The first kappa shape index (κ1) is 27.5. The Kier molecular flexibility index (Phi) is 11.1. The molecule has 1 aromatic rings. The van der Waals surface area contributed by atoms with Crippen molar-refractivity contribution in [2.75, 3.05) is 31.9 Å². The minimum absolute atomic E-state index is 0. The number of guanidine groups is 1. The number of halogens is 1. The quantitative estimate of drug-likeness (QED) is 0.217. The highest BCUT2D eigenvalue weighted by Crippen LogP contribution is 2.15. The molecule has 1 fully saturated rings. The second kappa shape index (κ2) is 12.5. The topological polar surface area (TPSA) is 100 Å².